The van der Waals surface area contributed by atoms with Crippen molar-refractivity contribution in [1.82, 2.24) is 9.88 Å². The van der Waals surface area contributed by atoms with Gasteiger partial charge in [0, 0.05) is 33.9 Å². The van der Waals surface area contributed by atoms with Gasteiger partial charge in [0.25, 0.3) is 0 Å². The van der Waals surface area contributed by atoms with Crippen LogP contribution in [-0.2, 0) is 9.84 Å². The molecule has 0 spiro atoms. The van der Waals surface area contributed by atoms with E-state index in [0.29, 0.717) is 22.0 Å². The summed E-state index contributed by atoms with van der Waals surface area (Å²) in [6.07, 6.45) is 3.64. The van der Waals surface area contributed by atoms with E-state index < -0.39 is 9.84 Å². The highest BCUT2D eigenvalue weighted by Crippen LogP contribution is 2.31. The van der Waals surface area contributed by atoms with E-state index in [1.165, 1.54) is 6.20 Å². The van der Waals surface area contributed by atoms with E-state index in [2.05, 4.69) is 22.2 Å². The van der Waals surface area contributed by atoms with E-state index in [1.54, 1.807) is 36.4 Å². The second-order valence-electron chi connectivity index (χ2n) is 7.10. The third-order valence-corrected chi connectivity index (χ3v) is 7.16. The average molecular weight is 440 g/mol. The molecule has 0 unspecified atom stereocenters. The van der Waals surface area contributed by atoms with Crippen LogP contribution < -0.4 is 5.32 Å². The lowest BCUT2D eigenvalue weighted by Gasteiger charge is -2.30. The number of nitrogens with zero attached hydrogens (tertiary/aromatic N) is 1. The first-order chi connectivity index (χ1) is 12.9. The van der Waals surface area contributed by atoms with Crippen LogP contribution in [0.5, 0.6) is 0 Å². The van der Waals surface area contributed by atoms with Gasteiger partial charge in [-0.1, -0.05) is 23.7 Å². The Kier molecular flexibility index (Phi) is 6.25. The smallest absolute Gasteiger partial charge is 0.208 e. The van der Waals surface area contributed by atoms with Crippen molar-refractivity contribution < 1.29 is 8.42 Å². The molecule has 28 heavy (non-hydrogen) atoms. The van der Waals surface area contributed by atoms with Crippen LogP contribution in [0.25, 0.3) is 10.9 Å². The standard InChI is InChI=1S/C20H22ClN3O2S.ClH/c1-24-9-7-15(8-10-24)23-16-3-2-4-17(12-16)27(25,26)20-13-22-19-11-14(21)5-6-18(19)20;/h2-6,11-13,15,22-23H,7-10H2,1H3;1H. The Bertz CT molecular complexity index is 1070. The number of nitrogens with one attached hydrogen (secondary N) is 2. The summed E-state index contributed by atoms with van der Waals surface area (Å²) in [6, 6.07) is 12.6. The normalized spacial score (nSPS) is 16.1. The molecule has 2 aromatic carbocycles. The summed E-state index contributed by atoms with van der Waals surface area (Å²) in [5.41, 5.74) is 1.55. The van der Waals surface area contributed by atoms with Crippen LogP contribution in [0, 0.1) is 0 Å². The number of hydrogen-bond donors (Lipinski definition) is 2. The first kappa shape index (κ1) is 21.0. The first-order valence-corrected chi connectivity index (χ1v) is 10.9. The zero-order valence-electron chi connectivity index (χ0n) is 15.5. The topological polar surface area (TPSA) is 65.2 Å². The molecule has 0 bridgehead atoms. The molecule has 1 aliphatic rings. The Labute approximate surface area is 176 Å². The zero-order chi connectivity index (χ0) is 19.0. The van der Waals surface area contributed by atoms with Crippen LogP contribution in [0.3, 0.4) is 0 Å². The molecule has 4 rings (SSSR count). The first-order valence-electron chi connectivity index (χ1n) is 9.00. The molecule has 2 N–H and O–H groups in total. The molecule has 1 fully saturated rings. The molecule has 0 atom stereocenters. The van der Waals surface area contributed by atoms with E-state index in [1.807, 2.05) is 6.07 Å². The van der Waals surface area contributed by atoms with Crippen LogP contribution in [0.15, 0.2) is 58.5 Å². The van der Waals surface area contributed by atoms with Gasteiger partial charge in [0.1, 0.15) is 0 Å². The number of aromatic amines is 1. The lowest BCUT2D eigenvalue weighted by molar-refractivity contribution is 0.264. The summed E-state index contributed by atoms with van der Waals surface area (Å²) in [5, 5.41) is 4.70. The van der Waals surface area contributed by atoms with Gasteiger partial charge in [0.05, 0.1) is 9.79 Å². The van der Waals surface area contributed by atoms with E-state index in [9.17, 15) is 8.42 Å². The highest BCUT2D eigenvalue weighted by molar-refractivity contribution is 7.91. The number of anilines is 1. The van der Waals surface area contributed by atoms with Gasteiger partial charge >= 0.3 is 0 Å². The van der Waals surface area contributed by atoms with Crippen molar-refractivity contribution in [3.8, 4) is 0 Å². The van der Waals surface area contributed by atoms with Crippen molar-refractivity contribution in [2.45, 2.75) is 28.7 Å². The van der Waals surface area contributed by atoms with Crippen LogP contribution in [0.4, 0.5) is 5.69 Å². The summed E-state index contributed by atoms with van der Waals surface area (Å²) < 4.78 is 26.4. The quantitative estimate of drug-likeness (QED) is 0.623. The zero-order valence-corrected chi connectivity index (χ0v) is 17.9. The summed E-state index contributed by atoms with van der Waals surface area (Å²) in [6.45, 7) is 2.10. The predicted octanol–water partition coefficient (Wildman–Crippen LogP) is 4.58. The number of aromatic nitrogens is 1. The molecule has 0 saturated carbocycles. The third-order valence-electron chi connectivity index (χ3n) is 5.13. The molecular weight excluding hydrogens is 417 g/mol. The number of piperidine rings is 1. The summed E-state index contributed by atoms with van der Waals surface area (Å²) in [7, 11) is -1.51. The van der Waals surface area contributed by atoms with Gasteiger partial charge in [-0.3, -0.25) is 0 Å². The largest absolute Gasteiger partial charge is 0.382 e. The lowest BCUT2D eigenvalue weighted by Crippen LogP contribution is -2.36. The Hall–Kier alpha value is -1.73. The van der Waals surface area contributed by atoms with Gasteiger partial charge in [-0.2, -0.15) is 0 Å². The number of hydrogen-bond acceptors (Lipinski definition) is 4. The van der Waals surface area contributed by atoms with Gasteiger partial charge in [-0.15, -0.1) is 12.4 Å². The third kappa shape index (κ3) is 4.15. The molecule has 0 aliphatic carbocycles. The van der Waals surface area contributed by atoms with E-state index in [4.69, 9.17) is 11.6 Å². The van der Waals surface area contributed by atoms with Crippen LogP contribution in [-0.4, -0.2) is 44.5 Å². The second kappa shape index (κ2) is 8.33. The van der Waals surface area contributed by atoms with Crippen LogP contribution in [0.1, 0.15) is 12.8 Å². The van der Waals surface area contributed by atoms with Gasteiger partial charge < -0.3 is 15.2 Å². The monoisotopic (exact) mass is 439 g/mol. The maximum absolute atomic E-state index is 13.2. The van der Waals surface area contributed by atoms with Crippen molar-refractivity contribution in [3.63, 3.8) is 0 Å². The van der Waals surface area contributed by atoms with Gasteiger partial charge in [0.15, 0.2) is 0 Å². The molecule has 5 nitrogen and oxygen atoms in total. The van der Waals surface area contributed by atoms with Gasteiger partial charge in [-0.25, -0.2) is 8.42 Å². The Balaban J connectivity index is 0.00000225. The summed E-state index contributed by atoms with van der Waals surface area (Å²) in [5.74, 6) is 0. The second-order valence-corrected chi connectivity index (χ2v) is 9.45. The fourth-order valence-electron chi connectivity index (χ4n) is 3.56. The predicted molar refractivity (Wildman–Crippen MR) is 117 cm³/mol. The Morgan fingerprint density at radius 2 is 1.89 bits per heavy atom. The summed E-state index contributed by atoms with van der Waals surface area (Å²) >= 11 is 6.00. The van der Waals surface area contributed by atoms with E-state index in [-0.39, 0.29) is 22.2 Å². The van der Waals surface area contributed by atoms with Crippen molar-refractivity contribution >= 4 is 50.4 Å². The fraction of sp³-hybridized carbons (Fsp3) is 0.300. The molecule has 1 aliphatic heterocycles. The minimum atomic E-state index is -3.63. The average Bonchev–Trinajstić information content (AvgIpc) is 3.07. The number of H-pyrrole nitrogens is 1. The molecule has 3 aromatic rings. The fourth-order valence-corrected chi connectivity index (χ4v) is 5.21. The number of likely N-dealkylation sites (tertiary alicyclic amines) is 1. The Morgan fingerprint density at radius 1 is 1.14 bits per heavy atom. The van der Waals surface area contributed by atoms with Crippen molar-refractivity contribution in [3.05, 3.63) is 53.7 Å². The van der Waals surface area contributed by atoms with Crippen molar-refractivity contribution in [2.24, 2.45) is 0 Å². The van der Waals surface area contributed by atoms with Crippen molar-refractivity contribution in [1.29, 1.82) is 0 Å². The van der Waals surface area contributed by atoms with Crippen molar-refractivity contribution in [2.75, 3.05) is 25.5 Å². The summed E-state index contributed by atoms with van der Waals surface area (Å²) in [4.78, 5) is 5.87. The minimum absolute atomic E-state index is 0. The molecule has 1 aromatic heterocycles. The number of halogens is 2. The highest BCUT2D eigenvalue weighted by atomic mass is 35.5. The maximum atomic E-state index is 13.2. The molecular formula is C20H23Cl2N3O2S. The van der Waals surface area contributed by atoms with E-state index >= 15 is 0 Å². The van der Waals surface area contributed by atoms with Gasteiger partial charge in [0.2, 0.25) is 9.84 Å². The maximum Gasteiger partial charge on any atom is 0.208 e. The molecule has 150 valence electrons. The number of benzene rings is 2. The number of fused-ring (bicyclic) bond motifs is 1. The molecule has 1 saturated heterocycles. The van der Waals surface area contributed by atoms with Crippen LogP contribution in [0.2, 0.25) is 5.02 Å². The molecule has 8 heteroatoms. The number of rotatable bonds is 4. The molecule has 0 radical (unpaired) electrons. The van der Waals surface area contributed by atoms with Gasteiger partial charge in [-0.05, 0) is 63.3 Å². The number of sulfone groups is 1. The SMILES string of the molecule is CN1CCC(Nc2cccc(S(=O)(=O)c3c[nH]c4cc(Cl)ccc34)c2)CC1.Cl. The molecule has 2 heterocycles. The lowest BCUT2D eigenvalue weighted by atomic mass is 10.1. The molecule has 0 amide bonds. The van der Waals surface area contributed by atoms with Crippen LogP contribution >= 0.6 is 24.0 Å². The highest BCUT2D eigenvalue weighted by Gasteiger charge is 2.23. The van der Waals surface area contributed by atoms with E-state index in [0.717, 1.165) is 31.6 Å². The Morgan fingerprint density at radius 3 is 2.64 bits per heavy atom. The minimum Gasteiger partial charge on any atom is -0.382 e.